The highest BCUT2D eigenvalue weighted by molar-refractivity contribution is 5.97. The SMILES string of the molecule is CN1CCN(c2ccc3cc(-c4cn(C)c5ccccc45)c(=O)oc3c2)CC1. The van der Waals surface area contributed by atoms with Gasteiger partial charge in [0.25, 0.3) is 0 Å². The van der Waals surface area contributed by atoms with Crippen LogP contribution in [0.15, 0.2) is 63.9 Å². The highest BCUT2D eigenvalue weighted by Crippen LogP contribution is 2.31. The Morgan fingerprint density at radius 2 is 1.68 bits per heavy atom. The lowest BCUT2D eigenvalue weighted by atomic mass is 10.0. The summed E-state index contributed by atoms with van der Waals surface area (Å²) in [7, 11) is 4.14. The number of piperazine rings is 1. The van der Waals surface area contributed by atoms with E-state index in [0.717, 1.165) is 53.7 Å². The maximum absolute atomic E-state index is 12.8. The van der Waals surface area contributed by atoms with Gasteiger partial charge >= 0.3 is 5.63 Å². The molecule has 0 N–H and O–H groups in total. The number of aryl methyl sites for hydroxylation is 1. The molecule has 0 aliphatic carbocycles. The van der Waals surface area contributed by atoms with Crippen LogP contribution < -0.4 is 10.5 Å². The molecule has 1 fully saturated rings. The molecule has 1 saturated heterocycles. The molecule has 5 rings (SSSR count). The molecule has 1 aliphatic heterocycles. The van der Waals surface area contributed by atoms with Crippen LogP contribution in [0, 0.1) is 0 Å². The molecule has 2 aromatic carbocycles. The van der Waals surface area contributed by atoms with E-state index in [2.05, 4.69) is 35.0 Å². The largest absolute Gasteiger partial charge is 0.422 e. The third-order valence-corrected chi connectivity index (χ3v) is 5.78. The molecular weight excluding hydrogens is 350 g/mol. The molecule has 0 bridgehead atoms. The van der Waals surface area contributed by atoms with Crippen molar-refractivity contribution in [2.75, 3.05) is 38.1 Å². The number of aromatic nitrogens is 1. The number of rotatable bonds is 2. The Morgan fingerprint density at radius 3 is 2.50 bits per heavy atom. The summed E-state index contributed by atoms with van der Waals surface area (Å²) >= 11 is 0. The molecule has 1 aliphatic rings. The van der Waals surface area contributed by atoms with Gasteiger partial charge < -0.3 is 18.8 Å². The summed E-state index contributed by atoms with van der Waals surface area (Å²) in [5.74, 6) is 0. The summed E-state index contributed by atoms with van der Waals surface area (Å²) in [5, 5.41) is 2.01. The fraction of sp³-hybridized carbons (Fsp3) is 0.261. The fourth-order valence-electron chi connectivity index (χ4n) is 4.11. The highest BCUT2D eigenvalue weighted by atomic mass is 16.4. The van der Waals surface area contributed by atoms with Gasteiger partial charge in [-0.2, -0.15) is 0 Å². The van der Waals surface area contributed by atoms with Gasteiger partial charge in [0, 0.05) is 73.0 Å². The molecule has 0 unspecified atom stereocenters. The number of anilines is 1. The maximum Gasteiger partial charge on any atom is 0.344 e. The molecule has 0 radical (unpaired) electrons. The van der Waals surface area contributed by atoms with Crippen molar-refractivity contribution in [3.8, 4) is 11.1 Å². The Kier molecular flexibility index (Phi) is 3.98. The quantitative estimate of drug-likeness (QED) is 0.503. The minimum atomic E-state index is -0.292. The topological polar surface area (TPSA) is 41.6 Å². The molecule has 5 heteroatoms. The second kappa shape index (κ2) is 6.53. The van der Waals surface area contributed by atoms with Crippen molar-refractivity contribution in [2.45, 2.75) is 0 Å². The van der Waals surface area contributed by atoms with Crippen molar-refractivity contribution in [1.82, 2.24) is 9.47 Å². The first kappa shape index (κ1) is 17.1. The normalized spacial score (nSPS) is 15.6. The van der Waals surface area contributed by atoms with Gasteiger partial charge in [0.1, 0.15) is 5.58 Å². The van der Waals surface area contributed by atoms with E-state index in [1.165, 1.54) is 0 Å². The number of hydrogen-bond acceptors (Lipinski definition) is 4. The number of fused-ring (bicyclic) bond motifs is 2. The zero-order valence-corrected chi connectivity index (χ0v) is 16.2. The van der Waals surface area contributed by atoms with E-state index >= 15 is 0 Å². The average molecular weight is 373 g/mol. The van der Waals surface area contributed by atoms with Crippen molar-refractivity contribution in [1.29, 1.82) is 0 Å². The minimum Gasteiger partial charge on any atom is -0.422 e. The van der Waals surface area contributed by atoms with Gasteiger partial charge in [-0.3, -0.25) is 0 Å². The van der Waals surface area contributed by atoms with Crippen molar-refractivity contribution in [2.24, 2.45) is 7.05 Å². The van der Waals surface area contributed by atoms with Gasteiger partial charge in [-0.1, -0.05) is 18.2 Å². The number of para-hydroxylation sites is 1. The van der Waals surface area contributed by atoms with E-state index in [1.54, 1.807) is 0 Å². The van der Waals surface area contributed by atoms with Crippen molar-refractivity contribution in [3.05, 3.63) is 65.1 Å². The zero-order chi connectivity index (χ0) is 19.3. The molecule has 2 aromatic heterocycles. The van der Waals surface area contributed by atoms with Crippen molar-refractivity contribution in [3.63, 3.8) is 0 Å². The summed E-state index contributed by atoms with van der Waals surface area (Å²) in [5.41, 5.74) is 4.09. The first-order valence-corrected chi connectivity index (χ1v) is 9.66. The van der Waals surface area contributed by atoms with Crippen LogP contribution in [-0.4, -0.2) is 42.7 Å². The van der Waals surface area contributed by atoms with Crippen LogP contribution in [0.1, 0.15) is 0 Å². The van der Waals surface area contributed by atoms with Gasteiger partial charge in [-0.05, 0) is 31.3 Å². The Hall–Kier alpha value is -3.05. The standard InChI is InChI=1S/C23H23N3O2/c1-24-9-11-26(12-10-24)17-8-7-16-13-19(23(27)28-22(16)14-17)20-15-25(2)21-6-4-3-5-18(20)21/h3-8,13-15H,9-12H2,1-2H3. The van der Waals surface area contributed by atoms with Crippen LogP contribution in [0.3, 0.4) is 0 Å². The first-order valence-electron chi connectivity index (χ1n) is 9.66. The second-order valence-electron chi connectivity index (χ2n) is 7.63. The molecule has 4 aromatic rings. The molecule has 142 valence electrons. The van der Waals surface area contributed by atoms with Gasteiger partial charge in [0.2, 0.25) is 0 Å². The molecule has 0 atom stereocenters. The van der Waals surface area contributed by atoms with Gasteiger partial charge in [0.15, 0.2) is 0 Å². The predicted octanol–water partition coefficient (Wildman–Crippen LogP) is 3.70. The van der Waals surface area contributed by atoms with Crippen LogP contribution in [0.25, 0.3) is 33.0 Å². The van der Waals surface area contributed by atoms with Crippen LogP contribution in [-0.2, 0) is 7.05 Å². The zero-order valence-electron chi connectivity index (χ0n) is 16.2. The maximum atomic E-state index is 12.8. The summed E-state index contributed by atoms with van der Waals surface area (Å²) in [6.07, 6.45) is 2.00. The lowest BCUT2D eigenvalue weighted by Crippen LogP contribution is -2.44. The van der Waals surface area contributed by atoms with Gasteiger partial charge in [-0.25, -0.2) is 4.79 Å². The summed E-state index contributed by atoms with van der Waals surface area (Å²) < 4.78 is 7.80. The Balaban J connectivity index is 1.59. The summed E-state index contributed by atoms with van der Waals surface area (Å²) in [4.78, 5) is 17.5. The van der Waals surface area contributed by atoms with Crippen molar-refractivity contribution >= 4 is 27.6 Å². The molecule has 5 nitrogen and oxygen atoms in total. The van der Waals surface area contributed by atoms with E-state index in [1.807, 2.05) is 48.1 Å². The third-order valence-electron chi connectivity index (χ3n) is 5.78. The van der Waals surface area contributed by atoms with Crippen LogP contribution in [0.4, 0.5) is 5.69 Å². The number of benzene rings is 2. The number of likely N-dealkylation sites (N-methyl/N-ethyl adjacent to an activating group) is 1. The van der Waals surface area contributed by atoms with E-state index in [4.69, 9.17) is 4.42 Å². The summed E-state index contributed by atoms with van der Waals surface area (Å²) in [6, 6.07) is 16.2. The Morgan fingerprint density at radius 1 is 0.893 bits per heavy atom. The fourth-order valence-corrected chi connectivity index (χ4v) is 4.11. The van der Waals surface area contributed by atoms with E-state index in [-0.39, 0.29) is 5.63 Å². The third kappa shape index (κ3) is 2.79. The number of hydrogen-bond donors (Lipinski definition) is 0. The van der Waals surface area contributed by atoms with Crippen LogP contribution >= 0.6 is 0 Å². The van der Waals surface area contributed by atoms with E-state index in [9.17, 15) is 4.79 Å². The van der Waals surface area contributed by atoms with E-state index in [0.29, 0.717) is 11.1 Å². The smallest absolute Gasteiger partial charge is 0.344 e. The van der Waals surface area contributed by atoms with E-state index < -0.39 is 0 Å². The monoisotopic (exact) mass is 373 g/mol. The lowest BCUT2D eigenvalue weighted by molar-refractivity contribution is 0.313. The molecule has 0 spiro atoms. The highest BCUT2D eigenvalue weighted by Gasteiger charge is 2.17. The minimum absolute atomic E-state index is 0.292. The molecule has 28 heavy (non-hydrogen) atoms. The van der Waals surface area contributed by atoms with Gasteiger partial charge in [-0.15, -0.1) is 0 Å². The lowest BCUT2D eigenvalue weighted by Gasteiger charge is -2.34. The molecular formula is C23H23N3O2. The van der Waals surface area contributed by atoms with Gasteiger partial charge in [0.05, 0.1) is 5.56 Å². The first-order chi connectivity index (χ1) is 13.6. The molecule has 0 amide bonds. The second-order valence-corrected chi connectivity index (χ2v) is 7.63. The van der Waals surface area contributed by atoms with Crippen LogP contribution in [0.5, 0.6) is 0 Å². The van der Waals surface area contributed by atoms with Crippen molar-refractivity contribution < 1.29 is 4.42 Å². The molecule has 3 heterocycles. The Bertz CT molecular complexity index is 1230. The number of nitrogens with zero attached hydrogens (tertiary/aromatic N) is 3. The predicted molar refractivity (Wildman–Crippen MR) is 114 cm³/mol. The van der Waals surface area contributed by atoms with Crippen LogP contribution in [0.2, 0.25) is 0 Å². The molecule has 0 saturated carbocycles. The average Bonchev–Trinajstić information content (AvgIpc) is 3.04. The summed E-state index contributed by atoms with van der Waals surface area (Å²) in [6.45, 7) is 4.06. The Labute approximate surface area is 163 Å².